The van der Waals surface area contributed by atoms with E-state index in [2.05, 4.69) is 135 Å². The van der Waals surface area contributed by atoms with Gasteiger partial charge in [-0.15, -0.1) is 0 Å². The smallest absolute Gasteiger partial charge is 0.0490 e. The molecule has 4 aromatic carbocycles. The third-order valence-electron chi connectivity index (χ3n) is 6.71. The lowest BCUT2D eigenvalue weighted by Crippen LogP contribution is -2.09. The van der Waals surface area contributed by atoms with Crippen molar-refractivity contribution in [2.75, 3.05) is 11.9 Å². The molecule has 0 radical (unpaired) electrons. The molecule has 5 aromatic rings. The van der Waals surface area contributed by atoms with Crippen LogP contribution in [0.2, 0.25) is 0 Å². The molecule has 0 atom stereocenters. The molecule has 1 heterocycles. The Labute approximate surface area is 196 Å². The lowest BCUT2D eigenvalue weighted by atomic mass is 10.0. The molecule has 0 amide bonds. The van der Waals surface area contributed by atoms with E-state index < -0.39 is 0 Å². The third kappa shape index (κ3) is 3.93. The van der Waals surface area contributed by atoms with Crippen LogP contribution in [0.3, 0.4) is 0 Å². The van der Waals surface area contributed by atoms with Crippen LogP contribution in [0, 0.1) is 13.8 Å². The Morgan fingerprint density at radius 3 is 1.91 bits per heavy atom. The van der Waals surface area contributed by atoms with Crippen molar-refractivity contribution >= 4 is 44.8 Å². The van der Waals surface area contributed by atoms with Gasteiger partial charge < -0.3 is 9.47 Å². The quantitative estimate of drug-likeness (QED) is 0.260. The Morgan fingerprint density at radius 2 is 1.24 bits per heavy atom. The number of nitrogens with zero attached hydrogens (tertiary/aromatic N) is 2. The van der Waals surface area contributed by atoms with Crippen molar-refractivity contribution in [1.29, 1.82) is 0 Å². The second kappa shape index (κ2) is 8.29. The molecule has 0 fully saturated rings. The molecule has 33 heavy (non-hydrogen) atoms. The van der Waals surface area contributed by atoms with E-state index in [0.29, 0.717) is 0 Å². The molecule has 0 spiro atoms. The fourth-order valence-electron chi connectivity index (χ4n) is 4.57. The van der Waals surface area contributed by atoms with Crippen LogP contribution in [-0.2, 0) is 7.05 Å². The Bertz CT molecular complexity index is 1480. The first kappa shape index (κ1) is 21.1. The van der Waals surface area contributed by atoms with Gasteiger partial charge in [0.25, 0.3) is 0 Å². The van der Waals surface area contributed by atoms with Gasteiger partial charge >= 0.3 is 0 Å². The van der Waals surface area contributed by atoms with Crippen molar-refractivity contribution in [1.82, 2.24) is 4.57 Å². The van der Waals surface area contributed by atoms with E-state index in [0.717, 1.165) is 0 Å². The van der Waals surface area contributed by atoms with Gasteiger partial charge in [-0.3, -0.25) is 0 Å². The molecule has 0 unspecified atom stereocenters. The summed E-state index contributed by atoms with van der Waals surface area (Å²) in [5.74, 6) is 0. The second-order valence-corrected chi connectivity index (χ2v) is 9.12. The summed E-state index contributed by atoms with van der Waals surface area (Å²) < 4.78 is 2.29. The minimum Gasteiger partial charge on any atom is -0.345 e. The molecule has 0 saturated heterocycles. The second-order valence-electron chi connectivity index (χ2n) is 9.12. The first-order valence-electron chi connectivity index (χ1n) is 11.5. The highest BCUT2D eigenvalue weighted by Crippen LogP contribution is 2.35. The van der Waals surface area contributed by atoms with Gasteiger partial charge in [-0.2, -0.15) is 0 Å². The first-order chi connectivity index (χ1) is 15.9. The SMILES string of the molecule is CC(=Cc1ccc(C)cc1)c1ccc2c(c1)c1cc(N(C)c3ccc(C)cc3)ccc1n2C. The van der Waals surface area contributed by atoms with Crippen molar-refractivity contribution in [2.45, 2.75) is 20.8 Å². The number of allylic oxidation sites excluding steroid dienone is 1. The Balaban J connectivity index is 1.59. The van der Waals surface area contributed by atoms with Crippen LogP contribution < -0.4 is 4.90 Å². The molecule has 0 bridgehead atoms. The van der Waals surface area contributed by atoms with Crippen molar-refractivity contribution in [3.63, 3.8) is 0 Å². The molecule has 164 valence electrons. The molecule has 0 saturated carbocycles. The number of benzene rings is 4. The standard InChI is InChI=1S/C31H30N2/c1-21-6-10-24(11-7-21)18-23(3)25-12-16-30-28(19-25)29-20-27(15-17-31(29)33(30)5)32(4)26-13-8-22(2)9-14-26/h6-20H,1-5H3. The van der Waals surface area contributed by atoms with Crippen LogP contribution >= 0.6 is 0 Å². The third-order valence-corrected chi connectivity index (χ3v) is 6.71. The molecular formula is C31H30N2. The summed E-state index contributed by atoms with van der Waals surface area (Å²) in [6, 6.07) is 31.0. The summed E-state index contributed by atoms with van der Waals surface area (Å²) >= 11 is 0. The maximum Gasteiger partial charge on any atom is 0.0490 e. The lowest BCUT2D eigenvalue weighted by molar-refractivity contribution is 1.01. The highest BCUT2D eigenvalue weighted by atomic mass is 15.1. The molecule has 5 rings (SSSR count). The number of fused-ring (bicyclic) bond motifs is 3. The Morgan fingerprint density at radius 1 is 0.697 bits per heavy atom. The van der Waals surface area contributed by atoms with E-state index in [1.807, 2.05) is 0 Å². The zero-order valence-corrected chi connectivity index (χ0v) is 20.1. The number of hydrogen-bond acceptors (Lipinski definition) is 1. The minimum absolute atomic E-state index is 1.19. The summed E-state index contributed by atoms with van der Waals surface area (Å²) in [5, 5.41) is 2.58. The van der Waals surface area contributed by atoms with E-state index in [-0.39, 0.29) is 0 Å². The van der Waals surface area contributed by atoms with E-state index in [1.165, 1.54) is 61.0 Å². The van der Waals surface area contributed by atoms with Gasteiger partial charge in [-0.1, -0.05) is 59.7 Å². The fraction of sp³-hybridized carbons (Fsp3) is 0.161. The van der Waals surface area contributed by atoms with E-state index in [9.17, 15) is 0 Å². The molecule has 0 aliphatic rings. The minimum atomic E-state index is 1.19. The molecule has 1 aromatic heterocycles. The molecule has 2 heteroatoms. The molecular weight excluding hydrogens is 400 g/mol. The van der Waals surface area contributed by atoms with Crippen LogP contribution in [0.25, 0.3) is 33.5 Å². The predicted octanol–water partition coefficient (Wildman–Crippen LogP) is 8.28. The molecule has 0 aliphatic heterocycles. The Kier molecular flexibility index (Phi) is 5.30. The zero-order valence-electron chi connectivity index (χ0n) is 20.1. The first-order valence-corrected chi connectivity index (χ1v) is 11.5. The summed E-state index contributed by atoms with van der Waals surface area (Å²) in [7, 11) is 4.29. The fourth-order valence-corrected chi connectivity index (χ4v) is 4.57. The highest BCUT2D eigenvalue weighted by Gasteiger charge is 2.12. The van der Waals surface area contributed by atoms with Gasteiger partial charge in [-0.05, 0) is 79.9 Å². The van der Waals surface area contributed by atoms with Crippen LogP contribution in [-0.4, -0.2) is 11.6 Å². The van der Waals surface area contributed by atoms with E-state index in [1.54, 1.807) is 0 Å². The van der Waals surface area contributed by atoms with Crippen molar-refractivity contribution in [2.24, 2.45) is 7.05 Å². The normalized spacial score (nSPS) is 12.0. The number of hydrogen-bond donors (Lipinski definition) is 0. The summed E-state index contributed by atoms with van der Waals surface area (Å²) in [6.45, 7) is 6.45. The summed E-state index contributed by atoms with van der Waals surface area (Å²) in [4.78, 5) is 2.25. The van der Waals surface area contributed by atoms with Gasteiger partial charge in [0.05, 0.1) is 0 Å². The number of rotatable bonds is 4. The van der Waals surface area contributed by atoms with Gasteiger partial charge in [0, 0.05) is 47.3 Å². The van der Waals surface area contributed by atoms with Crippen LogP contribution in [0.15, 0.2) is 84.9 Å². The maximum atomic E-state index is 2.34. The van der Waals surface area contributed by atoms with E-state index in [4.69, 9.17) is 0 Å². The Hall–Kier alpha value is -3.78. The monoisotopic (exact) mass is 430 g/mol. The van der Waals surface area contributed by atoms with Crippen LogP contribution in [0.1, 0.15) is 29.2 Å². The zero-order chi connectivity index (χ0) is 23.1. The maximum absolute atomic E-state index is 2.34. The van der Waals surface area contributed by atoms with Gasteiger partial charge in [-0.25, -0.2) is 0 Å². The summed E-state index contributed by atoms with van der Waals surface area (Å²) in [6.07, 6.45) is 2.27. The van der Waals surface area contributed by atoms with Crippen LogP contribution in [0.5, 0.6) is 0 Å². The number of aromatic nitrogens is 1. The molecule has 2 nitrogen and oxygen atoms in total. The van der Waals surface area contributed by atoms with Gasteiger partial charge in [0.1, 0.15) is 0 Å². The summed E-state index contributed by atoms with van der Waals surface area (Å²) in [5.41, 5.74) is 11.2. The van der Waals surface area contributed by atoms with Crippen LogP contribution in [0.4, 0.5) is 11.4 Å². The largest absolute Gasteiger partial charge is 0.345 e. The predicted molar refractivity (Wildman–Crippen MR) is 144 cm³/mol. The average molecular weight is 431 g/mol. The van der Waals surface area contributed by atoms with Crippen molar-refractivity contribution in [3.05, 3.63) is 107 Å². The highest BCUT2D eigenvalue weighted by molar-refractivity contribution is 6.10. The molecule has 0 aliphatic carbocycles. The molecule has 0 N–H and O–H groups in total. The van der Waals surface area contributed by atoms with E-state index >= 15 is 0 Å². The van der Waals surface area contributed by atoms with Gasteiger partial charge in [0.2, 0.25) is 0 Å². The number of aryl methyl sites for hydroxylation is 3. The van der Waals surface area contributed by atoms with Crippen molar-refractivity contribution < 1.29 is 0 Å². The lowest BCUT2D eigenvalue weighted by Gasteiger charge is -2.20. The topological polar surface area (TPSA) is 8.17 Å². The van der Waals surface area contributed by atoms with Gasteiger partial charge in [0.15, 0.2) is 0 Å². The van der Waals surface area contributed by atoms with Crippen molar-refractivity contribution in [3.8, 4) is 0 Å². The number of anilines is 2. The average Bonchev–Trinajstić information content (AvgIpc) is 3.11.